The lowest BCUT2D eigenvalue weighted by Gasteiger charge is -2.30. The number of alkyl halides is 3. The van der Waals surface area contributed by atoms with E-state index >= 15 is 0 Å². The van der Waals surface area contributed by atoms with Crippen LogP contribution < -0.4 is 5.32 Å². The molecule has 4 rings (SSSR count). The van der Waals surface area contributed by atoms with E-state index in [2.05, 4.69) is 15.5 Å². The van der Waals surface area contributed by atoms with E-state index in [0.29, 0.717) is 24.5 Å². The molecule has 0 aliphatic carbocycles. The van der Waals surface area contributed by atoms with E-state index in [4.69, 9.17) is 16.1 Å². The van der Waals surface area contributed by atoms with Gasteiger partial charge >= 0.3 is 6.18 Å². The van der Waals surface area contributed by atoms with Gasteiger partial charge in [0.05, 0.1) is 28.7 Å². The molecule has 2 aromatic carbocycles. The Hall–Kier alpha value is -2.98. The first-order valence-electron chi connectivity index (χ1n) is 10.2. The highest BCUT2D eigenvalue weighted by atomic mass is 35.5. The summed E-state index contributed by atoms with van der Waals surface area (Å²) < 4.78 is 58.6. The third-order valence-electron chi connectivity index (χ3n) is 5.33. The van der Waals surface area contributed by atoms with Crippen molar-refractivity contribution in [2.24, 2.45) is 0 Å². The molecule has 174 valence electrons. The number of piperidine rings is 1. The first kappa shape index (κ1) is 23.2. The van der Waals surface area contributed by atoms with Crippen molar-refractivity contribution in [1.29, 1.82) is 0 Å². The van der Waals surface area contributed by atoms with Crippen molar-refractivity contribution in [3.05, 3.63) is 64.8 Å². The summed E-state index contributed by atoms with van der Waals surface area (Å²) in [4.78, 5) is 18.7. The van der Waals surface area contributed by atoms with Crippen molar-refractivity contribution in [1.82, 2.24) is 15.0 Å². The molecular formula is C22H19ClF4N4O2. The summed E-state index contributed by atoms with van der Waals surface area (Å²) in [5.41, 5.74) is -0.977. The number of amides is 1. The first-order chi connectivity index (χ1) is 15.7. The maximum absolute atomic E-state index is 13.5. The van der Waals surface area contributed by atoms with Gasteiger partial charge in [-0.2, -0.15) is 18.2 Å². The predicted octanol–water partition coefficient (Wildman–Crippen LogP) is 5.37. The van der Waals surface area contributed by atoms with Crippen molar-refractivity contribution < 1.29 is 26.9 Å². The molecule has 3 aromatic rings. The van der Waals surface area contributed by atoms with Crippen molar-refractivity contribution in [2.45, 2.75) is 24.9 Å². The van der Waals surface area contributed by atoms with Crippen LogP contribution in [-0.4, -0.2) is 40.6 Å². The van der Waals surface area contributed by atoms with Crippen LogP contribution in [0.1, 0.15) is 30.2 Å². The monoisotopic (exact) mass is 482 g/mol. The van der Waals surface area contributed by atoms with Gasteiger partial charge in [0, 0.05) is 12.1 Å². The molecule has 1 amide bonds. The number of carbonyl (C=O) groups is 1. The van der Waals surface area contributed by atoms with Crippen LogP contribution in [0, 0.1) is 5.82 Å². The van der Waals surface area contributed by atoms with Gasteiger partial charge in [0.25, 0.3) is 0 Å². The number of carbonyl (C=O) groups excluding carboxylic acids is 1. The van der Waals surface area contributed by atoms with Gasteiger partial charge in [-0.15, -0.1) is 0 Å². The lowest BCUT2D eigenvalue weighted by molar-refractivity contribution is -0.137. The highest BCUT2D eigenvalue weighted by molar-refractivity contribution is 6.34. The van der Waals surface area contributed by atoms with Crippen LogP contribution in [-0.2, 0) is 11.0 Å². The van der Waals surface area contributed by atoms with Gasteiger partial charge in [-0.25, -0.2) is 4.39 Å². The Morgan fingerprint density at radius 3 is 2.79 bits per heavy atom. The zero-order valence-corrected chi connectivity index (χ0v) is 18.0. The van der Waals surface area contributed by atoms with Gasteiger partial charge in [-0.1, -0.05) is 35.0 Å². The normalized spacial score (nSPS) is 17.2. The van der Waals surface area contributed by atoms with Crippen LogP contribution in [0.2, 0.25) is 5.02 Å². The fourth-order valence-corrected chi connectivity index (χ4v) is 4.04. The zero-order valence-electron chi connectivity index (χ0n) is 17.2. The Morgan fingerprint density at radius 1 is 1.24 bits per heavy atom. The van der Waals surface area contributed by atoms with Crippen molar-refractivity contribution >= 4 is 23.2 Å². The molecule has 1 saturated heterocycles. The number of rotatable bonds is 5. The third kappa shape index (κ3) is 5.51. The summed E-state index contributed by atoms with van der Waals surface area (Å²) in [5, 5.41) is 6.02. The third-order valence-corrected chi connectivity index (χ3v) is 5.64. The second-order valence-corrected chi connectivity index (χ2v) is 8.16. The molecule has 6 nitrogen and oxygen atoms in total. The SMILES string of the molecule is O=C(CN1CCCC(c2nc(-c3cccc(F)c3)no2)C1)Nc1c(Cl)cccc1C(F)(F)F. The zero-order chi connectivity index (χ0) is 23.6. The molecule has 0 spiro atoms. The molecule has 1 aliphatic rings. The number of hydrogen-bond acceptors (Lipinski definition) is 5. The summed E-state index contributed by atoms with van der Waals surface area (Å²) in [6, 6.07) is 9.16. The standard InChI is InChI=1S/C22H19ClF4N4O2/c23-17-8-2-7-16(22(25,26)27)19(17)28-18(32)12-31-9-3-5-14(11-31)21-29-20(30-33-21)13-4-1-6-15(24)10-13/h1-2,4,6-8,10,14H,3,5,9,11-12H2,(H,28,32). The largest absolute Gasteiger partial charge is 0.418 e. The maximum atomic E-state index is 13.5. The molecule has 1 atom stereocenters. The number of para-hydroxylation sites is 1. The second kappa shape index (κ2) is 9.48. The van der Waals surface area contributed by atoms with E-state index in [9.17, 15) is 22.4 Å². The molecule has 1 unspecified atom stereocenters. The Bertz CT molecular complexity index is 1150. The Morgan fingerprint density at radius 2 is 2.03 bits per heavy atom. The van der Waals surface area contributed by atoms with Gasteiger partial charge in [-0.3, -0.25) is 9.69 Å². The predicted molar refractivity (Wildman–Crippen MR) is 113 cm³/mol. The Balaban J connectivity index is 1.42. The number of anilines is 1. The highest BCUT2D eigenvalue weighted by Crippen LogP contribution is 2.38. The molecule has 0 bridgehead atoms. The molecule has 1 N–H and O–H groups in total. The molecule has 0 saturated carbocycles. The van der Waals surface area contributed by atoms with Crippen LogP contribution in [0.3, 0.4) is 0 Å². The minimum absolute atomic E-state index is 0.121. The Labute approximate surface area is 191 Å². The van der Waals surface area contributed by atoms with Gasteiger partial charge in [-0.05, 0) is 43.7 Å². The fourth-order valence-electron chi connectivity index (χ4n) is 3.82. The maximum Gasteiger partial charge on any atom is 0.418 e. The smallest absolute Gasteiger partial charge is 0.339 e. The number of aromatic nitrogens is 2. The summed E-state index contributed by atoms with van der Waals surface area (Å²) in [7, 11) is 0. The number of benzene rings is 2. The van der Waals surface area contributed by atoms with Crippen molar-refractivity contribution in [2.75, 3.05) is 25.0 Å². The quantitative estimate of drug-likeness (QED) is 0.495. The van der Waals surface area contributed by atoms with Gasteiger partial charge in [0.2, 0.25) is 17.6 Å². The molecule has 11 heteroatoms. The van der Waals surface area contributed by atoms with Crippen molar-refractivity contribution in [3.63, 3.8) is 0 Å². The van der Waals surface area contributed by atoms with E-state index in [1.54, 1.807) is 17.0 Å². The molecule has 0 radical (unpaired) electrons. The van der Waals surface area contributed by atoms with Crippen LogP contribution in [0.25, 0.3) is 11.4 Å². The summed E-state index contributed by atoms with van der Waals surface area (Å²) in [6.07, 6.45) is -3.18. The number of nitrogens with zero attached hydrogens (tertiary/aromatic N) is 3. The van der Waals surface area contributed by atoms with E-state index in [0.717, 1.165) is 18.9 Å². The molecule has 2 heterocycles. The summed E-state index contributed by atoms with van der Waals surface area (Å²) >= 11 is 5.91. The average molecular weight is 483 g/mol. The number of likely N-dealkylation sites (tertiary alicyclic amines) is 1. The van der Waals surface area contributed by atoms with Crippen LogP contribution >= 0.6 is 11.6 Å². The topological polar surface area (TPSA) is 71.3 Å². The molecule has 33 heavy (non-hydrogen) atoms. The van der Waals surface area contributed by atoms with E-state index < -0.39 is 29.2 Å². The first-order valence-corrected chi connectivity index (χ1v) is 10.6. The molecule has 1 aliphatic heterocycles. The van der Waals surface area contributed by atoms with Crippen LogP contribution in [0.15, 0.2) is 47.0 Å². The average Bonchev–Trinajstić information content (AvgIpc) is 3.25. The van der Waals surface area contributed by atoms with Crippen molar-refractivity contribution in [3.8, 4) is 11.4 Å². The van der Waals surface area contributed by atoms with Gasteiger partial charge in [0.15, 0.2) is 0 Å². The number of nitrogens with one attached hydrogen (secondary N) is 1. The van der Waals surface area contributed by atoms with Gasteiger partial charge < -0.3 is 9.84 Å². The molecular weight excluding hydrogens is 464 g/mol. The number of hydrogen-bond donors (Lipinski definition) is 1. The van der Waals surface area contributed by atoms with Crippen LogP contribution in [0.5, 0.6) is 0 Å². The molecule has 1 aromatic heterocycles. The highest BCUT2D eigenvalue weighted by Gasteiger charge is 2.35. The summed E-state index contributed by atoms with van der Waals surface area (Å²) in [6.45, 7) is 0.875. The summed E-state index contributed by atoms with van der Waals surface area (Å²) in [5.74, 6) is -0.559. The second-order valence-electron chi connectivity index (χ2n) is 7.75. The van der Waals surface area contributed by atoms with Crippen LogP contribution in [0.4, 0.5) is 23.2 Å². The van der Waals surface area contributed by atoms with E-state index in [-0.39, 0.29) is 23.3 Å². The molecule has 1 fully saturated rings. The van der Waals surface area contributed by atoms with E-state index in [1.165, 1.54) is 24.3 Å². The Kier molecular flexibility index (Phi) is 6.66. The number of halogens is 5. The van der Waals surface area contributed by atoms with Gasteiger partial charge in [0.1, 0.15) is 5.82 Å². The minimum Gasteiger partial charge on any atom is -0.339 e. The minimum atomic E-state index is -4.65. The lowest BCUT2D eigenvalue weighted by Crippen LogP contribution is -2.40. The fraction of sp³-hybridized carbons (Fsp3) is 0.318. The lowest BCUT2D eigenvalue weighted by atomic mass is 9.98. The van der Waals surface area contributed by atoms with E-state index in [1.807, 2.05) is 0 Å².